The lowest BCUT2D eigenvalue weighted by Gasteiger charge is -2.26. The first-order valence-corrected chi connectivity index (χ1v) is 7.29. The van der Waals surface area contributed by atoms with Crippen LogP contribution in [0.2, 0.25) is 0 Å². The average molecular weight is 253 g/mol. The molecular formula is C16H19N3. The standard InChI is InChI=1S/C16H19N3/c1-2-5-13(6-3-1)7-10-19-15(17-12-18-19)14-11-16(14)8-4-9-16/h1-3,5-6,12,14H,4,7-11H2. The third-order valence-electron chi connectivity index (χ3n) is 4.95. The van der Waals surface area contributed by atoms with Crippen LogP contribution in [0, 0.1) is 5.41 Å². The lowest BCUT2D eigenvalue weighted by atomic mass is 9.80. The second kappa shape index (κ2) is 4.19. The van der Waals surface area contributed by atoms with Gasteiger partial charge in [0.15, 0.2) is 0 Å². The van der Waals surface area contributed by atoms with E-state index in [1.54, 1.807) is 6.33 Å². The highest BCUT2D eigenvalue weighted by Crippen LogP contribution is 2.69. The molecule has 1 atom stereocenters. The van der Waals surface area contributed by atoms with Crippen LogP contribution in [0.3, 0.4) is 0 Å². The van der Waals surface area contributed by atoms with Crippen molar-refractivity contribution in [3.8, 4) is 0 Å². The number of rotatable bonds is 4. The first-order chi connectivity index (χ1) is 9.37. The second-order valence-electron chi connectivity index (χ2n) is 6.05. The summed E-state index contributed by atoms with van der Waals surface area (Å²) in [6, 6.07) is 10.6. The Morgan fingerprint density at radius 2 is 2.05 bits per heavy atom. The van der Waals surface area contributed by atoms with Crippen molar-refractivity contribution in [3.63, 3.8) is 0 Å². The molecule has 2 aliphatic carbocycles. The lowest BCUT2D eigenvalue weighted by molar-refractivity contribution is 0.273. The summed E-state index contributed by atoms with van der Waals surface area (Å²) in [6.07, 6.45) is 8.33. The molecule has 3 heteroatoms. The summed E-state index contributed by atoms with van der Waals surface area (Å²) in [5.41, 5.74) is 2.01. The Morgan fingerprint density at radius 1 is 1.21 bits per heavy atom. The molecule has 2 aromatic rings. The van der Waals surface area contributed by atoms with Gasteiger partial charge in [-0.25, -0.2) is 9.67 Å². The number of aromatic nitrogens is 3. The van der Waals surface area contributed by atoms with Crippen molar-refractivity contribution in [3.05, 3.63) is 48.0 Å². The lowest BCUT2D eigenvalue weighted by Crippen LogP contribution is -2.16. The Kier molecular flexibility index (Phi) is 2.47. The van der Waals surface area contributed by atoms with Gasteiger partial charge in [0.1, 0.15) is 12.2 Å². The van der Waals surface area contributed by atoms with E-state index in [2.05, 4.69) is 45.1 Å². The van der Waals surface area contributed by atoms with Gasteiger partial charge in [-0.3, -0.25) is 0 Å². The van der Waals surface area contributed by atoms with E-state index in [0.29, 0.717) is 11.3 Å². The summed E-state index contributed by atoms with van der Waals surface area (Å²) < 4.78 is 2.13. The molecule has 0 radical (unpaired) electrons. The Morgan fingerprint density at radius 3 is 2.74 bits per heavy atom. The van der Waals surface area contributed by atoms with Gasteiger partial charge in [0, 0.05) is 12.5 Å². The molecule has 0 N–H and O–H groups in total. The zero-order valence-electron chi connectivity index (χ0n) is 11.1. The van der Waals surface area contributed by atoms with Crippen LogP contribution in [0.4, 0.5) is 0 Å². The molecule has 2 aliphatic rings. The summed E-state index contributed by atoms with van der Waals surface area (Å²) in [4.78, 5) is 4.52. The molecular weight excluding hydrogens is 234 g/mol. The number of benzene rings is 1. The molecule has 2 saturated carbocycles. The van der Waals surface area contributed by atoms with Gasteiger partial charge in [-0.05, 0) is 36.7 Å². The summed E-state index contributed by atoms with van der Waals surface area (Å²) in [5, 5.41) is 4.42. The summed E-state index contributed by atoms with van der Waals surface area (Å²) in [6.45, 7) is 0.950. The molecule has 1 aromatic heterocycles. The highest BCUT2D eigenvalue weighted by atomic mass is 15.3. The van der Waals surface area contributed by atoms with E-state index in [-0.39, 0.29) is 0 Å². The van der Waals surface area contributed by atoms with Crippen LogP contribution in [0.1, 0.15) is 43.0 Å². The molecule has 1 unspecified atom stereocenters. The van der Waals surface area contributed by atoms with Crippen LogP contribution < -0.4 is 0 Å². The quantitative estimate of drug-likeness (QED) is 0.838. The van der Waals surface area contributed by atoms with Gasteiger partial charge in [-0.15, -0.1) is 0 Å². The molecule has 19 heavy (non-hydrogen) atoms. The maximum Gasteiger partial charge on any atom is 0.138 e. The van der Waals surface area contributed by atoms with Crippen LogP contribution in [-0.4, -0.2) is 14.8 Å². The minimum atomic E-state index is 0.636. The van der Waals surface area contributed by atoms with Gasteiger partial charge in [0.25, 0.3) is 0 Å². The SMILES string of the molecule is c1ccc(CCn2ncnc2C2CC23CCC3)cc1. The largest absolute Gasteiger partial charge is 0.249 e. The predicted octanol–water partition coefficient (Wildman–Crippen LogP) is 3.18. The zero-order valence-corrected chi connectivity index (χ0v) is 11.1. The van der Waals surface area contributed by atoms with Crippen LogP contribution in [0.5, 0.6) is 0 Å². The van der Waals surface area contributed by atoms with Crippen molar-refractivity contribution in [2.75, 3.05) is 0 Å². The van der Waals surface area contributed by atoms with Gasteiger partial charge in [0.2, 0.25) is 0 Å². The predicted molar refractivity (Wildman–Crippen MR) is 73.8 cm³/mol. The van der Waals surface area contributed by atoms with Gasteiger partial charge in [-0.2, -0.15) is 5.10 Å². The van der Waals surface area contributed by atoms with E-state index in [0.717, 1.165) is 13.0 Å². The maximum absolute atomic E-state index is 4.52. The van der Waals surface area contributed by atoms with Gasteiger partial charge in [-0.1, -0.05) is 36.8 Å². The van der Waals surface area contributed by atoms with E-state index < -0.39 is 0 Å². The minimum Gasteiger partial charge on any atom is -0.249 e. The normalized spacial score (nSPS) is 23.3. The Hall–Kier alpha value is -1.64. The molecule has 1 spiro atoms. The molecule has 1 heterocycles. The first-order valence-electron chi connectivity index (χ1n) is 7.29. The van der Waals surface area contributed by atoms with Crippen LogP contribution in [0.15, 0.2) is 36.7 Å². The monoisotopic (exact) mass is 253 g/mol. The van der Waals surface area contributed by atoms with Crippen LogP contribution >= 0.6 is 0 Å². The van der Waals surface area contributed by atoms with Gasteiger partial charge in [0.05, 0.1) is 0 Å². The maximum atomic E-state index is 4.52. The van der Waals surface area contributed by atoms with Crippen molar-refractivity contribution in [2.24, 2.45) is 5.41 Å². The van der Waals surface area contributed by atoms with Crippen LogP contribution in [-0.2, 0) is 13.0 Å². The van der Waals surface area contributed by atoms with Crippen molar-refractivity contribution < 1.29 is 0 Å². The van der Waals surface area contributed by atoms with E-state index >= 15 is 0 Å². The Bertz CT molecular complexity index is 569. The minimum absolute atomic E-state index is 0.636. The molecule has 4 rings (SSSR count). The van der Waals surface area contributed by atoms with Crippen molar-refractivity contribution >= 4 is 0 Å². The molecule has 0 amide bonds. The molecule has 0 saturated heterocycles. The topological polar surface area (TPSA) is 30.7 Å². The average Bonchev–Trinajstić information content (AvgIpc) is 3.02. The number of nitrogens with zero attached hydrogens (tertiary/aromatic N) is 3. The molecule has 0 bridgehead atoms. The van der Waals surface area contributed by atoms with E-state index in [4.69, 9.17) is 0 Å². The molecule has 98 valence electrons. The Balaban J connectivity index is 1.46. The molecule has 3 nitrogen and oxygen atoms in total. The highest BCUT2D eigenvalue weighted by Gasteiger charge is 2.59. The fourth-order valence-corrected chi connectivity index (χ4v) is 3.49. The van der Waals surface area contributed by atoms with E-state index in [9.17, 15) is 0 Å². The van der Waals surface area contributed by atoms with Gasteiger partial charge < -0.3 is 0 Å². The van der Waals surface area contributed by atoms with E-state index in [1.165, 1.54) is 37.1 Å². The smallest absolute Gasteiger partial charge is 0.138 e. The van der Waals surface area contributed by atoms with Gasteiger partial charge >= 0.3 is 0 Å². The number of hydrogen-bond donors (Lipinski definition) is 0. The van der Waals surface area contributed by atoms with Crippen molar-refractivity contribution in [1.82, 2.24) is 14.8 Å². The fraction of sp³-hybridized carbons (Fsp3) is 0.500. The molecule has 1 aromatic carbocycles. The number of aryl methyl sites for hydroxylation is 2. The second-order valence-corrected chi connectivity index (χ2v) is 6.05. The summed E-state index contributed by atoms with van der Waals surface area (Å²) in [5.74, 6) is 1.93. The highest BCUT2D eigenvalue weighted by molar-refractivity contribution is 5.21. The third-order valence-corrected chi connectivity index (χ3v) is 4.95. The molecule has 2 fully saturated rings. The third kappa shape index (κ3) is 1.88. The summed E-state index contributed by atoms with van der Waals surface area (Å²) >= 11 is 0. The van der Waals surface area contributed by atoms with Crippen molar-refractivity contribution in [2.45, 2.75) is 44.6 Å². The fourth-order valence-electron chi connectivity index (χ4n) is 3.49. The first kappa shape index (κ1) is 11.2. The van der Waals surface area contributed by atoms with E-state index in [1.807, 2.05) is 0 Å². The summed E-state index contributed by atoms with van der Waals surface area (Å²) in [7, 11) is 0. The van der Waals surface area contributed by atoms with Crippen molar-refractivity contribution in [1.29, 1.82) is 0 Å². The van der Waals surface area contributed by atoms with Crippen LogP contribution in [0.25, 0.3) is 0 Å². The number of hydrogen-bond acceptors (Lipinski definition) is 2. The Labute approximate surface area is 113 Å². The molecule has 0 aliphatic heterocycles. The zero-order chi connectivity index (χ0) is 12.7.